The molecule has 1 fully saturated rings. The molecule has 23 heavy (non-hydrogen) atoms. The zero-order valence-corrected chi connectivity index (χ0v) is 15.6. The second kappa shape index (κ2) is 10.9. The molecule has 0 aromatic heterocycles. The lowest BCUT2D eigenvalue weighted by molar-refractivity contribution is 0.0951. The Hall–Kier alpha value is -0.750. The van der Waals surface area contributed by atoms with E-state index in [1.165, 1.54) is 4.90 Å². The van der Waals surface area contributed by atoms with Crippen LogP contribution < -0.4 is 10.6 Å². The van der Waals surface area contributed by atoms with Crippen LogP contribution in [0.2, 0.25) is 0 Å². The number of nitrogens with zero attached hydrogens (tertiary/aromatic N) is 1. The molecule has 0 saturated carbocycles. The third-order valence-corrected chi connectivity index (χ3v) is 4.65. The molecule has 2 rings (SSSR count). The van der Waals surface area contributed by atoms with Crippen molar-refractivity contribution in [3.63, 3.8) is 0 Å². The fraction of sp³-hybridized carbons (Fsp3) is 0.588. The van der Waals surface area contributed by atoms with Crippen molar-refractivity contribution in [2.75, 3.05) is 39.3 Å². The van der Waals surface area contributed by atoms with E-state index < -0.39 is 0 Å². The van der Waals surface area contributed by atoms with E-state index in [0.717, 1.165) is 51.3 Å². The van der Waals surface area contributed by atoms with Crippen LogP contribution in [0.1, 0.15) is 30.6 Å². The minimum atomic E-state index is 0. The topological polar surface area (TPSA) is 44.4 Å². The SMILES string of the molecule is CC(C)Sc1ccc(C(=O)NCCCN2CCNCC2)cc1.Cl. The normalized spacial score (nSPS) is 15.3. The first kappa shape index (κ1) is 20.3. The van der Waals surface area contributed by atoms with E-state index >= 15 is 0 Å². The molecule has 0 spiro atoms. The number of carbonyl (C=O) groups excluding carboxylic acids is 1. The van der Waals surface area contributed by atoms with Crippen molar-refractivity contribution < 1.29 is 4.79 Å². The molecule has 1 aromatic rings. The van der Waals surface area contributed by atoms with Crippen LogP contribution in [-0.2, 0) is 0 Å². The van der Waals surface area contributed by atoms with Gasteiger partial charge in [-0.25, -0.2) is 0 Å². The smallest absolute Gasteiger partial charge is 0.251 e. The molecule has 0 unspecified atom stereocenters. The number of rotatable bonds is 7. The molecule has 1 aliphatic heterocycles. The Morgan fingerprint density at radius 1 is 1.26 bits per heavy atom. The van der Waals surface area contributed by atoms with Gasteiger partial charge in [0.2, 0.25) is 0 Å². The van der Waals surface area contributed by atoms with Gasteiger partial charge in [-0.15, -0.1) is 24.2 Å². The lowest BCUT2D eigenvalue weighted by Crippen LogP contribution is -2.44. The minimum absolute atomic E-state index is 0. The van der Waals surface area contributed by atoms with Gasteiger partial charge >= 0.3 is 0 Å². The number of thioether (sulfide) groups is 1. The van der Waals surface area contributed by atoms with Gasteiger partial charge in [0.05, 0.1) is 0 Å². The van der Waals surface area contributed by atoms with Crippen LogP contribution in [-0.4, -0.2) is 55.3 Å². The van der Waals surface area contributed by atoms with Gasteiger partial charge in [-0.2, -0.15) is 0 Å². The zero-order chi connectivity index (χ0) is 15.8. The summed E-state index contributed by atoms with van der Waals surface area (Å²) in [6.45, 7) is 10.5. The Morgan fingerprint density at radius 3 is 2.52 bits per heavy atom. The van der Waals surface area contributed by atoms with Gasteiger partial charge in [0.1, 0.15) is 0 Å². The van der Waals surface area contributed by atoms with Gasteiger partial charge in [-0.3, -0.25) is 4.79 Å². The molecular weight excluding hydrogens is 330 g/mol. The molecule has 1 saturated heterocycles. The molecule has 0 atom stereocenters. The summed E-state index contributed by atoms with van der Waals surface area (Å²) in [5.41, 5.74) is 0.746. The average Bonchev–Trinajstić information content (AvgIpc) is 2.52. The van der Waals surface area contributed by atoms with Crippen LogP contribution in [0.5, 0.6) is 0 Å². The Labute approximate surface area is 150 Å². The summed E-state index contributed by atoms with van der Waals surface area (Å²) in [7, 11) is 0. The Kier molecular flexibility index (Phi) is 9.63. The second-order valence-electron chi connectivity index (χ2n) is 5.89. The highest BCUT2D eigenvalue weighted by Crippen LogP contribution is 2.22. The van der Waals surface area contributed by atoms with Gasteiger partial charge in [0.25, 0.3) is 5.91 Å². The predicted octanol–water partition coefficient (Wildman–Crippen LogP) is 2.63. The van der Waals surface area contributed by atoms with Crippen molar-refractivity contribution in [1.82, 2.24) is 15.5 Å². The molecule has 1 aliphatic rings. The summed E-state index contributed by atoms with van der Waals surface area (Å²) in [5, 5.41) is 6.92. The molecule has 1 aromatic carbocycles. The van der Waals surface area contributed by atoms with Crippen LogP contribution in [0.25, 0.3) is 0 Å². The minimum Gasteiger partial charge on any atom is -0.352 e. The highest BCUT2D eigenvalue weighted by atomic mass is 35.5. The highest BCUT2D eigenvalue weighted by Gasteiger charge is 2.09. The van der Waals surface area contributed by atoms with Crippen molar-refractivity contribution in [3.8, 4) is 0 Å². The van der Waals surface area contributed by atoms with Gasteiger partial charge in [-0.05, 0) is 37.2 Å². The molecule has 1 amide bonds. The highest BCUT2D eigenvalue weighted by molar-refractivity contribution is 7.99. The van der Waals surface area contributed by atoms with Gasteiger partial charge in [0.15, 0.2) is 0 Å². The van der Waals surface area contributed by atoms with E-state index in [1.54, 1.807) is 0 Å². The molecular formula is C17H28ClN3OS. The van der Waals surface area contributed by atoms with Gasteiger partial charge < -0.3 is 15.5 Å². The van der Waals surface area contributed by atoms with E-state index in [4.69, 9.17) is 0 Å². The predicted molar refractivity (Wildman–Crippen MR) is 101 cm³/mol. The van der Waals surface area contributed by atoms with E-state index in [9.17, 15) is 4.79 Å². The quantitative estimate of drug-likeness (QED) is 0.581. The number of hydrogen-bond acceptors (Lipinski definition) is 4. The molecule has 130 valence electrons. The lowest BCUT2D eigenvalue weighted by Gasteiger charge is -2.27. The van der Waals surface area contributed by atoms with Crippen LogP contribution in [0.4, 0.5) is 0 Å². The molecule has 6 heteroatoms. The van der Waals surface area contributed by atoms with Crippen molar-refractivity contribution in [2.45, 2.75) is 30.4 Å². The monoisotopic (exact) mass is 357 g/mol. The summed E-state index contributed by atoms with van der Waals surface area (Å²) < 4.78 is 0. The third-order valence-electron chi connectivity index (χ3n) is 3.63. The lowest BCUT2D eigenvalue weighted by atomic mass is 10.2. The maximum Gasteiger partial charge on any atom is 0.251 e. The summed E-state index contributed by atoms with van der Waals surface area (Å²) in [4.78, 5) is 15.7. The molecule has 0 aliphatic carbocycles. The van der Waals surface area contributed by atoms with E-state index in [2.05, 4.69) is 29.4 Å². The maximum atomic E-state index is 12.1. The fourth-order valence-corrected chi connectivity index (χ4v) is 3.34. The number of nitrogens with one attached hydrogen (secondary N) is 2. The number of piperazine rings is 1. The van der Waals surface area contributed by atoms with Gasteiger partial charge in [-0.1, -0.05) is 13.8 Å². The first-order chi connectivity index (χ1) is 10.6. The van der Waals surface area contributed by atoms with Crippen molar-refractivity contribution in [1.29, 1.82) is 0 Å². The van der Waals surface area contributed by atoms with Crippen LogP contribution in [0.15, 0.2) is 29.2 Å². The molecule has 0 radical (unpaired) electrons. The molecule has 0 bridgehead atoms. The Balaban J connectivity index is 0.00000264. The number of carbonyl (C=O) groups is 1. The third kappa shape index (κ3) is 7.57. The molecule has 4 nitrogen and oxygen atoms in total. The number of hydrogen-bond donors (Lipinski definition) is 2. The number of halogens is 1. The summed E-state index contributed by atoms with van der Waals surface area (Å²) in [6, 6.07) is 7.88. The molecule has 2 N–H and O–H groups in total. The summed E-state index contributed by atoms with van der Waals surface area (Å²) in [6.07, 6.45) is 1.01. The van der Waals surface area contributed by atoms with Gasteiger partial charge in [0, 0.05) is 48.4 Å². The van der Waals surface area contributed by atoms with Crippen molar-refractivity contribution in [3.05, 3.63) is 29.8 Å². The van der Waals surface area contributed by atoms with Crippen LogP contribution in [0.3, 0.4) is 0 Å². The maximum absolute atomic E-state index is 12.1. The fourth-order valence-electron chi connectivity index (χ4n) is 2.50. The standard InChI is InChI=1S/C17H27N3OS.ClH/c1-14(2)22-16-6-4-15(5-7-16)17(21)19-8-3-11-20-12-9-18-10-13-20;/h4-7,14,18H,3,8-13H2,1-2H3,(H,19,21);1H. The average molecular weight is 358 g/mol. The van der Waals surface area contributed by atoms with Crippen molar-refractivity contribution in [2.24, 2.45) is 0 Å². The number of amides is 1. The zero-order valence-electron chi connectivity index (χ0n) is 14.0. The first-order valence-corrected chi connectivity index (χ1v) is 9.01. The summed E-state index contributed by atoms with van der Waals surface area (Å²) in [5.74, 6) is 0.0291. The van der Waals surface area contributed by atoms with Crippen molar-refractivity contribution >= 4 is 30.1 Å². The van der Waals surface area contributed by atoms with Crippen LogP contribution in [0, 0.1) is 0 Å². The first-order valence-electron chi connectivity index (χ1n) is 8.13. The van der Waals surface area contributed by atoms with E-state index in [-0.39, 0.29) is 18.3 Å². The summed E-state index contributed by atoms with van der Waals surface area (Å²) >= 11 is 1.81. The Morgan fingerprint density at radius 2 is 1.91 bits per heavy atom. The Bertz CT molecular complexity index is 461. The van der Waals surface area contributed by atoms with E-state index in [0.29, 0.717) is 5.25 Å². The van der Waals surface area contributed by atoms with E-state index in [1.807, 2.05) is 36.0 Å². The second-order valence-corrected chi connectivity index (χ2v) is 7.54. The van der Waals surface area contributed by atoms with Crippen LogP contribution >= 0.6 is 24.2 Å². The number of benzene rings is 1. The molecule has 1 heterocycles. The largest absolute Gasteiger partial charge is 0.352 e.